The van der Waals surface area contributed by atoms with Crippen LogP contribution < -0.4 is 0 Å². The lowest BCUT2D eigenvalue weighted by Crippen LogP contribution is -2.46. The maximum atomic E-state index is 13.6. The van der Waals surface area contributed by atoms with Gasteiger partial charge in [0.1, 0.15) is 5.82 Å². The number of halogens is 2. The number of alkyl halides is 2. The third-order valence-electron chi connectivity index (χ3n) is 4.19. The molecule has 3 atom stereocenters. The monoisotopic (exact) mass is 309 g/mol. The zero-order chi connectivity index (χ0) is 15.9. The lowest BCUT2D eigenvalue weighted by Gasteiger charge is -2.38. The van der Waals surface area contributed by atoms with Gasteiger partial charge in [-0.15, -0.1) is 0 Å². The van der Waals surface area contributed by atoms with Gasteiger partial charge in [-0.3, -0.25) is 9.47 Å². The molecule has 120 valence electrons. The number of nitrogens with zero attached hydrogens (tertiary/aromatic N) is 3. The molecule has 0 radical (unpaired) electrons. The van der Waals surface area contributed by atoms with E-state index in [1.165, 1.54) is 0 Å². The molecule has 2 aromatic rings. The highest BCUT2D eigenvalue weighted by Crippen LogP contribution is 2.30. The standard InChI is InChI=1S/C16H21F2N3O/c1-10-8-20(9-11(2)22-10)12(3)15-19-13-6-4-5-7-14(13)21(15)16(17)18/h4-7,10-12,16H,8-9H2,1-3H3/t10-,11+,12-/m0/s1. The third kappa shape index (κ3) is 2.73. The van der Waals surface area contributed by atoms with Crippen LogP contribution in [0.1, 0.15) is 39.2 Å². The molecule has 0 N–H and O–H groups in total. The highest BCUT2D eigenvalue weighted by Gasteiger charge is 2.30. The summed E-state index contributed by atoms with van der Waals surface area (Å²) in [5.74, 6) is 0.414. The van der Waals surface area contributed by atoms with Crippen LogP contribution in [0.3, 0.4) is 0 Å². The fourth-order valence-electron chi connectivity index (χ4n) is 3.26. The maximum Gasteiger partial charge on any atom is 0.320 e. The smallest absolute Gasteiger partial charge is 0.320 e. The van der Waals surface area contributed by atoms with Gasteiger partial charge < -0.3 is 4.74 Å². The number of hydrogen-bond donors (Lipinski definition) is 0. The summed E-state index contributed by atoms with van der Waals surface area (Å²) in [5, 5.41) is 0. The molecule has 1 aromatic heterocycles. The van der Waals surface area contributed by atoms with Crippen LogP contribution in [0.4, 0.5) is 8.78 Å². The van der Waals surface area contributed by atoms with Crippen molar-refractivity contribution in [1.29, 1.82) is 0 Å². The fourth-order valence-corrected chi connectivity index (χ4v) is 3.26. The summed E-state index contributed by atoms with van der Waals surface area (Å²) in [4.78, 5) is 6.63. The zero-order valence-corrected chi connectivity index (χ0v) is 13.0. The van der Waals surface area contributed by atoms with E-state index in [1.807, 2.05) is 26.8 Å². The van der Waals surface area contributed by atoms with Gasteiger partial charge in [0.15, 0.2) is 0 Å². The Kier molecular flexibility index (Phi) is 4.14. The first-order chi connectivity index (χ1) is 10.5. The van der Waals surface area contributed by atoms with Gasteiger partial charge in [-0.25, -0.2) is 4.98 Å². The first-order valence-electron chi connectivity index (χ1n) is 7.62. The minimum absolute atomic E-state index is 0.0931. The van der Waals surface area contributed by atoms with Crippen molar-refractivity contribution in [3.05, 3.63) is 30.1 Å². The predicted molar refractivity (Wildman–Crippen MR) is 81.0 cm³/mol. The van der Waals surface area contributed by atoms with Gasteiger partial charge in [-0.05, 0) is 32.9 Å². The quantitative estimate of drug-likeness (QED) is 0.868. The molecule has 4 nitrogen and oxygen atoms in total. The number of morpholine rings is 1. The van der Waals surface area contributed by atoms with Crippen LogP contribution in [-0.2, 0) is 4.74 Å². The summed E-state index contributed by atoms with van der Waals surface area (Å²) in [5.41, 5.74) is 1.09. The molecule has 0 amide bonds. The molecule has 0 aliphatic carbocycles. The number of hydrogen-bond acceptors (Lipinski definition) is 3. The molecule has 0 bridgehead atoms. The first-order valence-corrected chi connectivity index (χ1v) is 7.62. The van der Waals surface area contributed by atoms with E-state index in [4.69, 9.17) is 4.74 Å². The van der Waals surface area contributed by atoms with Crippen LogP contribution in [0, 0.1) is 0 Å². The van der Waals surface area contributed by atoms with Crippen LogP contribution in [0.5, 0.6) is 0 Å². The number of fused-ring (bicyclic) bond motifs is 1. The summed E-state index contributed by atoms with van der Waals surface area (Å²) < 4.78 is 33.9. The molecule has 1 aromatic carbocycles. The number of benzene rings is 1. The van der Waals surface area contributed by atoms with Gasteiger partial charge in [-0.2, -0.15) is 8.78 Å². The van der Waals surface area contributed by atoms with Crippen LogP contribution in [0.25, 0.3) is 11.0 Å². The van der Waals surface area contributed by atoms with Crippen molar-refractivity contribution < 1.29 is 13.5 Å². The predicted octanol–water partition coefficient (Wildman–Crippen LogP) is 3.60. The Bertz CT molecular complexity index is 648. The molecule has 3 rings (SSSR count). The van der Waals surface area contributed by atoms with Crippen LogP contribution >= 0.6 is 0 Å². The van der Waals surface area contributed by atoms with Crippen molar-refractivity contribution >= 4 is 11.0 Å². The molecule has 0 unspecified atom stereocenters. The molecule has 1 aliphatic heterocycles. The Morgan fingerprint density at radius 2 is 1.82 bits per heavy atom. The summed E-state index contributed by atoms with van der Waals surface area (Å²) >= 11 is 0. The molecule has 0 saturated carbocycles. The topological polar surface area (TPSA) is 30.3 Å². The van der Waals surface area contributed by atoms with Gasteiger partial charge >= 0.3 is 6.55 Å². The lowest BCUT2D eigenvalue weighted by atomic mass is 10.1. The van der Waals surface area contributed by atoms with Crippen molar-refractivity contribution in [2.24, 2.45) is 0 Å². The first kappa shape index (κ1) is 15.4. The van der Waals surface area contributed by atoms with Crippen molar-refractivity contribution in [3.63, 3.8) is 0 Å². The molecule has 22 heavy (non-hydrogen) atoms. The lowest BCUT2D eigenvalue weighted by molar-refractivity contribution is -0.0809. The zero-order valence-electron chi connectivity index (χ0n) is 13.0. The third-order valence-corrected chi connectivity index (χ3v) is 4.19. The van der Waals surface area contributed by atoms with Gasteiger partial charge in [-0.1, -0.05) is 12.1 Å². The molecule has 0 spiro atoms. The van der Waals surface area contributed by atoms with Crippen LogP contribution in [0.2, 0.25) is 0 Å². The van der Waals surface area contributed by atoms with E-state index < -0.39 is 6.55 Å². The van der Waals surface area contributed by atoms with Gasteiger partial charge in [0.2, 0.25) is 0 Å². The minimum Gasteiger partial charge on any atom is -0.373 e. The summed E-state index contributed by atoms with van der Waals surface area (Å²) in [6.07, 6.45) is 0.186. The van der Waals surface area contributed by atoms with Gasteiger partial charge in [0.05, 0.1) is 29.3 Å². The number of imidazole rings is 1. The molecular weight excluding hydrogens is 288 g/mol. The average Bonchev–Trinajstić information content (AvgIpc) is 2.84. The normalized spacial score (nSPS) is 25.0. The Hall–Kier alpha value is -1.53. The Morgan fingerprint density at radius 1 is 1.18 bits per heavy atom. The van der Waals surface area contributed by atoms with Gasteiger partial charge in [0.25, 0.3) is 0 Å². The Balaban J connectivity index is 1.99. The molecule has 1 fully saturated rings. The van der Waals surface area contributed by atoms with Crippen molar-refractivity contribution in [1.82, 2.24) is 14.5 Å². The van der Waals surface area contributed by atoms with E-state index in [9.17, 15) is 8.78 Å². The number of ether oxygens (including phenoxy) is 1. The molecule has 1 aliphatic rings. The summed E-state index contributed by atoms with van der Waals surface area (Å²) in [6, 6.07) is 6.86. The SMILES string of the molecule is C[C@@H]1CN([C@@H](C)c2nc3ccccc3n2C(F)F)C[C@H](C)O1. The van der Waals surface area contributed by atoms with E-state index >= 15 is 0 Å². The van der Waals surface area contributed by atoms with E-state index in [2.05, 4.69) is 9.88 Å². The van der Waals surface area contributed by atoms with Crippen molar-refractivity contribution in [2.75, 3.05) is 13.1 Å². The van der Waals surface area contributed by atoms with E-state index in [0.29, 0.717) is 16.9 Å². The number of aromatic nitrogens is 2. The minimum atomic E-state index is -2.60. The van der Waals surface area contributed by atoms with Crippen molar-refractivity contribution in [3.8, 4) is 0 Å². The largest absolute Gasteiger partial charge is 0.373 e. The van der Waals surface area contributed by atoms with Crippen LogP contribution in [0.15, 0.2) is 24.3 Å². The maximum absolute atomic E-state index is 13.6. The summed E-state index contributed by atoms with van der Waals surface area (Å²) in [6.45, 7) is 4.79. The molecule has 6 heteroatoms. The van der Waals surface area contributed by atoms with E-state index in [-0.39, 0.29) is 18.2 Å². The second-order valence-electron chi connectivity index (χ2n) is 5.99. The van der Waals surface area contributed by atoms with E-state index in [1.54, 1.807) is 18.2 Å². The molecular formula is C16H21F2N3O. The molecule has 2 heterocycles. The average molecular weight is 309 g/mol. The van der Waals surface area contributed by atoms with E-state index in [0.717, 1.165) is 17.7 Å². The van der Waals surface area contributed by atoms with Crippen molar-refractivity contribution in [2.45, 2.75) is 45.6 Å². The number of para-hydroxylation sites is 2. The highest BCUT2D eigenvalue weighted by molar-refractivity contribution is 5.76. The Morgan fingerprint density at radius 3 is 2.45 bits per heavy atom. The molecule has 1 saturated heterocycles. The second-order valence-corrected chi connectivity index (χ2v) is 5.99. The number of rotatable bonds is 3. The second kappa shape index (κ2) is 5.93. The van der Waals surface area contributed by atoms with Gasteiger partial charge in [0, 0.05) is 13.1 Å². The fraction of sp³-hybridized carbons (Fsp3) is 0.562. The highest BCUT2D eigenvalue weighted by atomic mass is 19.3. The Labute approximate surface area is 128 Å². The summed E-state index contributed by atoms with van der Waals surface area (Å²) in [7, 11) is 0. The van der Waals surface area contributed by atoms with Crippen LogP contribution in [-0.4, -0.2) is 39.7 Å².